The Morgan fingerprint density at radius 2 is 1.84 bits per heavy atom. The Labute approximate surface area is 195 Å². The predicted molar refractivity (Wildman–Crippen MR) is 123 cm³/mol. The normalized spacial score (nSPS) is 10.3. The van der Waals surface area contributed by atoms with Crippen molar-refractivity contribution in [3.05, 3.63) is 64.4 Å². The number of rotatable bonds is 7. The molecule has 3 aromatic rings. The van der Waals surface area contributed by atoms with Crippen LogP contribution in [0.3, 0.4) is 0 Å². The highest BCUT2D eigenvalue weighted by atomic mass is 35.5. The van der Waals surface area contributed by atoms with Crippen LogP contribution >= 0.6 is 23.2 Å². The molecule has 0 bridgehead atoms. The van der Waals surface area contributed by atoms with E-state index in [0.717, 1.165) is 11.1 Å². The number of anilines is 1. The molecule has 0 unspecified atom stereocenters. The van der Waals surface area contributed by atoms with Gasteiger partial charge in [0.1, 0.15) is 17.3 Å². The van der Waals surface area contributed by atoms with Crippen molar-refractivity contribution in [3.63, 3.8) is 0 Å². The number of hydrogen-bond acceptors (Lipinski definition) is 5. The maximum atomic E-state index is 12.7. The number of methoxy groups -OCH3 is 1. The monoisotopic (exact) mass is 471 g/mol. The number of nitriles is 1. The molecule has 0 spiro atoms. The number of amides is 1. The van der Waals surface area contributed by atoms with Crippen LogP contribution < -0.4 is 10.1 Å². The smallest absolute Gasteiger partial charge is 0.357 e. The van der Waals surface area contributed by atoms with Crippen molar-refractivity contribution in [2.24, 2.45) is 0 Å². The second kappa shape index (κ2) is 10.2. The first kappa shape index (κ1) is 23.2. The van der Waals surface area contributed by atoms with Gasteiger partial charge in [-0.05, 0) is 48.9 Å². The molecular weight excluding hydrogens is 453 g/mol. The lowest BCUT2D eigenvalue weighted by molar-refractivity contribution is -0.115. The lowest BCUT2D eigenvalue weighted by Crippen LogP contribution is -2.17. The summed E-state index contributed by atoms with van der Waals surface area (Å²) in [6.07, 6.45) is -0.359. The first-order valence-electron chi connectivity index (χ1n) is 9.59. The van der Waals surface area contributed by atoms with E-state index in [1.807, 2.05) is 24.3 Å². The molecule has 0 saturated heterocycles. The van der Waals surface area contributed by atoms with Crippen molar-refractivity contribution in [1.82, 2.24) is 4.57 Å². The largest absolute Gasteiger partial charge is 0.497 e. The second-order valence-corrected chi connectivity index (χ2v) is 7.36. The van der Waals surface area contributed by atoms with Crippen LogP contribution in [0.25, 0.3) is 16.8 Å². The average molecular weight is 472 g/mol. The van der Waals surface area contributed by atoms with Crippen LogP contribution in [0.2, 0.25) is 10.2 Å². The Morgan fingerprint density at radius 3 is 2.44 bits per heavy atom. The zero-order valence-electron chi connectivity index (χ0n) is 17.3. The number of carbonyl (C=O) groups is 2. The van der Waals surface area contributed by atoms with Crippen LogP contribution in [0.5, 0.6) is 5.75 Å². The van der Waals surface area contributed by atoms with Gasteiger partial charge >= 0.3 is 5.97 Å². The summed E-state index contributed by atoms with van der Waals surface area (Å²) in [7, 11) is 1.57. The number of carbonyl (C=O) groups excluding carboxylic acids is 2. The summed E-state index contributed by atoms with van der Waals surface area (Å²) < 4.78 is 11.8. The van der Waals surface area contributed by atoms with Gasteiger partial charge in [-0.2, -0.15) is 5.26 Å². The SMILES string of the molecule is CCOC(=O)c1c(NC(=O)CC#N)cc(Cl)n1-c1ccc(-c2ccc(OC)cc2Cl)cc1. The van der Waals surface area contributed by atoms with Crippen molar-refractivity contribution < 1.29 is 19.1 Å². The number of benzene rings is 2. The molecule has 9 heteroatoms. The molecule has 0 aliphatic rings. The molecule has 1 N–H and O–H groups in total. The quantitative estimate of drug-likeness (QED) is 0.459. The molecule has 0 atom stereocenters. The minimum absolute atomic E-state index is 0.0540. The van der Waals surface area contributed by atoms with Crippen LogP contribution in [0.1, 0.15) is 23.8 Å². The van der Waals surface area contributed by atoms with Crippen LogP contribution in [-0.4, -0.2) is 30.2 Å². The molecule has 1 heterocycles. The molecule has 1 amide bonds. The third-order valence-electron chi connectivity index (χ3n) is 4.55. The summed E-state index contributed by atoms with van der Waals surface area (Å²) in [4.78, 5) is 24.6. The highest BCUT2D eigenvalue weighted by Gasteiger charge is 2.24. The minimum atomic E-state index is -0.658. The molecule has 0 aliphatic heterocycles. The molecule has 0 saturated carbocycles. The first-order valence-corrected chi connectivity index (χ1v) is 10.3. The Morgan fingerprint density at radius 1 is 1.12 bits per heavy atom. The Balaban J connectivity index is 2.03. The van der Waals surface area contributed by atoms with E-state index in [2.05, 4.69) is 5.32 Å². The Hall–Kier alpha value is -3.47. The third-order valence-corrected chi connectivity index (χ3v) is 5.14. The van der Waals surface area contributed by atoms with Crippen molar-refractivity contribution in [2.45, 2.75) is 13.3 Å². The van der Waals surface area contributed by atoms with Crippen LogP contribution in [-0.2, 0) is 9.53 Å². The second-order valence-electron chi connectivity index (χ2n) is 6.56. The van der Waals surface area contributed by atoms with Crippen molar-refractivity contribution >= 4 is 40.8 Å². The molecule has 164 valence electrons. The Bertz CT molecular complexity index is 1200. The van der Waals surface area contributed by atoms with E-state index >= 15 is 0 Å². The van der Waals surface area contributed by atoms with E-state index in [1.165, 1.54) is 10.6 Å². The number of halogens is 2. The molecule has 7 nitrogen and oxygen atoms in total. The van der Waals surface area contributed by atoms with Gasteiger partial charge in [-0.25, -0.2) is 4.79 Å². The molecule has 2 aromatic carbocycles. The average Bonchev–Trinajstić information content (AvgIpc) is 3.09. The van der Waals surface area contributed by atoms with Gasteiger partial charge in [-0.15, -0.1) is 0 Å². The molecule has 32 heavy (non-hydrogen) atoms. The first-order chi connectivity index (χ1) is 15.4. The Kier molecular flexibility index (Phi) is 7.41. The summed E-state index contributed by atoms with van der Waals surface area (Å²) >= 11 is 12.8. The number of nitrogens with one attached hydrogen (secondary N) is 1. The minimum Gasteiger partial charge on any atom is -0.497 e. The number of esters is 1. The van der Waals surface area contributed by atoms with Crippen LogP contribution in [0.4, 0.5) is 5.69 Å². The molecule has 3 rings (SSSR count). The van der Waals surface area contributed by atoms with E-state index in [-0.39, 0.29) is 29.6 Å². The van der Waals surface area contributed by atoms with E-state index in [9.17, 15) is 9.59 Å². The summed E-state index contributed by atoms with van der Waals surface area (Å²) in [6, 6.07) is 15.8. The van der Waals surface area contributed by atoms with Gasteiger partial charge in [0, 0.05) is 11.3 Å². The van der Waals surface area contributed by atoms with Crippen LogP contribution in [0.15, 0.2) is 48.5 Å². The van der Waals surface area contributed by atoms with Gasteiger partial charge < -0.3 is 14.8 Å². The number of ether oxygens (including phenoxy) is 2. The van der Waals surface area contributed by atoms with Gasteiger partial charge in [-0.3, -0.25) is 9.36 Å². The van der Waals surface area contributed by atoms with Crippen LogP contribution in [0, 0.1) is 11.3 Å². The lowest BCUT2D eigenvalue weighted by atomic mass is 10.0. The predicted octanol–water partition coefficient (Wildman–Crippen LogP) is 5.49. The van der Waals surface area contributed by atoms with Crippen molar-refractivity contribution in [1.29, 1.82) is 5.26 Å². The number of aromatic nitrogens is 1. The number of nitrogens with zero attached hydrogens (tertiary/aromatic N) is 2. The zero-order chi connectivity index (χ0) is 23.3. The third kappa shape index (κ3) is 4.88. The number of hydrogen-bond donors (Lipinski definition) is 1. The zero-order valence-corrected chi connectivity index (χ0v) is 18.8. The van der Waals surface area contributed by atoms with Crippen molar-refractivity contribution in [3.8, 4) is 28.6 Å². The summed E-state index contributed by atoms with van der Waals surface area (Å²) in [5, 5.41) is 12.0. The van der Waals surface area contributed by atoms with E-state index in [0.29, 0.717) is 16.5 Å². The topological polar surface area (TPSA) is 93.4 Å². The summed E-state index contributed by atoms with van der Waals surface area (Å²) in [5.74, 6) is -0.565. The standard InChI is InChI=1S/C23H19Cl2N3O4/c1-3-32-23(30)22-19(27-21(29)10-11-26)13-20(25)28(22)15-6-4-14(5-7-15)17-9-8-16(31-2)12-18(17)24/h4-9,12-13H,3,10H2,1-2H3,(H,27,29). The fourth-order valence-electron chi connectivity index (χ4n) is 3.14. The highest BCUT2D eigenvalue weighted by Crippen LogP contribution is 2.34. The lowest BCUT2D eigenvalue weighted by Gasteiger charge is -2.13. The molecular formula is C23H19Cl2N3O4. The summed E-state index contributed by atoms with van der Waals surface area (Å²) in [6.45, 7) is 1.82. The molecule has 1 aromatic heterocycles. The molecule has 0 aliphatic carbocycles. The van der Waals surface area contributed by atoms with Gasteiger partial charge in [0.25, 0.3) is 0 Å². The van der Waals surface area contributed by atoms with Gasteiger partial charge in [0.2, 0.25) is 5.91 Å². The van der Waals surface area contributed by atoms with Gasteiger partial charge in [0.05, 0.1) is 30.5 Å². The fraction of sp³-hybridized carbons (Fsp3) is 0.174. The van der Waals surface area contributed by atoms with Gasteiger partial charge in [0.15, 0.2) is 5.69 Å². The maximum Gasteiger partial charge on any atom is 0.357 e. The van der Waals surface area contributed by atoms with E-state index < -0.39 is 11.9 Å². The van der Waals surface area contributed by atoms with Crippen molar-refractivity contribution in [2.75, 3.05) is 19.0 Å². The molecule has 0 fully saturated rings. The summed E-state index contributed by atoms with van der Waals surface area (Å²) in [5.41, 5.74) is 2.46. The maximum absolute atomic E-state index is 12.7. The highest BCUT2D eigenvalue weighted by molar-refractivity contribution is 6.33. The molecule has 0 radical (unpaired) electrons. The van der Waals surface area contributed by atoms with Gasteiger partial charge in [-0.1, -0.05) is 35.3 Å². The fourth-order valence-corrected chi connectivity index (χ4v) is 3.71. The van der Waals surface area contributed by atoms with E-state index in [4.69, 9.17) is 37.9 Å². The van der Waals surface area contributed by atoms with E-state index in [1.54, 1.807) is 38.3 Å².